The highest BCUT2D eigenvalue weighted by Crippen LogP contribution is 2.35. The molecule has 0 bridgehead atoms. The van der Waals surface area contributed by atoms with Crippen molar-refractivity contribution in [2.24, 2.45) is 0 Å². The summed E-state index contributed by atoms with van der Waals surface area (Å²) in [5.74, 6) is 0.0117. The Bertz CT molecular complexity index is 988. The fourth-order valence-electron chi connectivity index (χ4n) is 3.45. The van der Waals surface area contributed by atoms with Gasteiger partial charge in [-0.05, 0) is 51.0 Å². The molecule has 0 saturated heterocycles. The van der Waals surface area contributed by atoms with Gasteiger partial charge in [-0.2, -0.15) is 0 Å². The van der Waals surface area contributed by atoms with E-state index < -0.39 is 16.1 Å². The summed E-state index contributed by atoms with van der Waals surface area (Å²) in [7, 11) is -3.52. The van der Waals surface area contributed by atoms with Crippen molar-refractivity contribution < 1.29 is 17.9 Å². The van der Waals surface area contributed by atoms with Crippen LogP contribution in [0.25, 0.3) is 0 Å². The Morgan fingerprint density at radius 1 is 1.25 bits per heavy atom. The first-order chi connectivity index (χ1) is 13.2. The lowest BCUT2D eigenvalue weighted by Crippen LogP contribution is -2.51. The summed E-state index contributed by atoms with van der Waals surface area (Å²) in [6, 6.07) is 12.7. The lowest BCUT2D eigenvalue weighted by atomic mass is 10.00. The summed E-state index contributed by atoms with van der Waals surface area (Å²) in [5.41, 5.74) is 3.74. The van der Waals surface area contributed by atoms with Crippen molar-refractivity contribution in [2.45, 2.75) is 39.8 Å². The number of ether oxygens (including phenoxy) is 1. The maximum absolute atomic E-state index is 12.9. The maximum atomic E-state index is 12.9. The van der Waals surface area contributed by atoms with E-state index in [1.54, 1.807) is 31.2 Å². The number of sulfonamides is 1. The molecule has 0 spiro atoms. The van der Waals surface area contributed by atoms with Crippen molar-refractivity contribution >= 4 is 21.6 Å². The van der Waals surface area contributed by atoms with E-state index in [4.69, 9.17) is 4.74 Å². The molecule has 1 aliphatic rings. The minimum Gasteiger partial charge on any atom is -0.476 e. The number of para-hydroxylation sites is 2. The summed E-state index contributed by atoms with van der Waals surface area (Å²) >= 11 is 0. The van der Waals surface area contributed by atoms with Crippen LogP contribution in [0.4, 0.5) is 5.69 Å². The van der Waals surface area contributed by atoms with Gasteiger partial charge in [0.2, 0.25) is 10.0 Å². The zero-order valence-corrected chi connectivity index (χ0v) is 17.4. The Balaban J connectivity index is 1.82. The topological polar surface area (TPSA) is 75.7 Å². The summed E-state index contributed by atoms with van der Waals surface area (Å²) in [4.78, 5) is 12.9. The highest BCUT2D eigenvalue weighted by Gasteiger charge is 2.36. The minimum absolute atomic E-state index is 0.0430. The quantitative estimate of drug-likeness (QED) is 0.834. The standard InChI is InChI=1S/C21H26N2O4S/c1-5-28(25,26)23-13-20(27-19-9-7-6-8-18(19)23)21(24)22-16(4)17-11-10-14(2)12-15(17)3/h6-12,16,20H,5,13H2,1-4H3,(H,22,24)/t16-,20-/m1/s1. The van der Waals surface area contributed by atoms with Crippen LogP contribution in [0.5, 0.6) is 5.75 Å². The molecule has 28 heavy (non-hydrogen) atoms. The van der Waals surface area contributed by atoms with E-state index in [1.807, 2.05) is 32.9 Å². The van der Waals surface area contributed by atoms with E-state index >= 15 is 0 Å². The van der Waals surface area contributed by atoms with E-state index in [9.17, 15) is 13.2 Å². The van der Waals surface area contributed by atoms with Crippen molar-refractivity contribution in [3.8, 4) is 5.75 Å². The van der Waals surface area contributed by atoms with E-state index in [1.165, 1.54) is 4.31 Å². The van der Waals surface area contributed by atoms with Crippen molar-refractivity contribution in [1.82, 2.24) is 5.32 Å². The first-order valence-corrected chi connectivity index (χ1v) is 11.0. The third-order valence-electron chi connectivity index (χ3n) is 4.98. The van der Waals surface area contributed by atoms with Gasteiger partial charge in [0.15, 0.2) is 6.10 Å². The van der Waals surface area contributed by atoms with Crippen LogP contribution in [0.1, 0.15) is 36.6 Å². The molecule has 3 rings (SSSR count). The minimum atomic E-state index is -3.52. The second-order valence-corrected chi connectivity index (χ2v) is 9.28. The van der Waals surface area contributed by atoms with Gasteiger partial charge in [-0.3, -0.25) is 9.10 Å². The predicted octanol–water partition coefficient (Wildman–Crippen LogP) is 3.10. The van der Waals surface area contributed by atoms with Crippen LogP contribution in [0, 0.1) is 13.8 Å². The molecule has 0 aromatic heterocycles. The molecule has 2 atom stereocenters. The fraction of sp³-hybridized carbons (Fsp3) is 0.381. The lowest BCUT2D eigenvalue weighted by Gasteiger charge is -2.35. The van der Waals surface area contributed by atoms with Crippen LogP contribution in [0.2, 0.25) is 0 Å². The molecule has 1 heterocycles. The summed E-state index contributed by atoms with van der Waals surface area (Å²) in [6.45, 7) is 7.49. The number of nitrogens with one attached hydrogen (secondary N) is 1. The molecule has 1 aliphatic heterocycles. The number of aryl methyl sites for hydroxylation is 2. The maximum Gasteiger partial charge on any atom is 0.263 e. The average molecular weight is 403 g/mol. The number of carbonyl (C=O) groups excluding carboxylic acids is 1. The Kier molecular flexibility index (Phi) is 5.65. The highest BCUT2D eigenvalue weighted by molar-refractivity contribution is 7.92. The van der Waals surface area contributed by atoms with Gasteiger partial charge < -0.3 is 10.1 Å². The molecule has 6 nitrogen and oxygen atoms in total. The zero-order valence-electron chi connectivity index (χ0n) is 16.6. The predicted molar refractivity (Wildman–Crippen MR) is 110 cm³/mol. The van der Waals surface area contributed by atoms with E-state index in [2.05, 4.69) is 11.4 Å². The first-order valence-electron chi connectivity index (χ1n) is 9.36. The number of hydrogen-bond acceptors (Lipinski definition) is 4. The molecule has 7 heteroatoms. The SMILES string of the molecule is CCS(=O)(=O)N1C[C@H](C(=O)N[C@H](C)c2ccc(C)cc2C)Oc2ccccc21. The van der Waals surface area contributed by atoms with Crippen LogP contribution in [-0.4, -0.2) is 32.7 Å². The van der Waals surface area contributed by atoms with E-state index in [-0.39, 0.29) is 24.2 Å². The molecule has 0 aliphatic carbocycles. The molecule has 1 amide bonds. The van der Waals surface area contributed by atoms with Crippen molar-refractivity contribution in [2.75, 3.05) is 16.6 Å². The number of anilines is 1. The summed E-state index contributed by atoms with van der Waals surface area (Å²) in [6.07, 6.45) is -0.913. The van der Waals surface area contributed by atoms with E-state index in [0.29, 0.717) is 11.4 Å². The third kappa shape index (κ3) is 3.99. The van der Waals surface area contributed by atoms with Gasteiger partial charge in [0.05, 0.1) is 24.0 Å². The second-order valence-electron chi connectivity index (χ2n) is 7.10. The number of amides is 1. The van der Waals surface area contributed by atoms with Crippen molar-refractivity contribution in [1.29, 1.82) is 0 Å². The van der Waals surface area contributed by atoms with Crippen molar-refractivity contribution in [3.05, 3.63) is 59.2 Å². The highest BCUT2D eigenvalue weighted by atomic mass is 32.2. The molecule has 0 saturated carbocycles. The molecule has 150 valence electrons. The van der Waals surface area contributed by atoms with Gasteiger partial charge in [-0.15, -0.1) is 0 Å². The van der Waals surface area contributed by atoms with Crippen molar-refractivity contribution in [3.63, 3.8) is 0 Å². The van der Waals surface area contributed by atoms with Crippen LogP contribution >= 0.6 is 0 Å². The molecular weight excluding hydrogens is 376 g/mol. The first kappa shape index (κ1) is 20.2. The van der Waals surface area contributed by atoms with Gasteiger partial charge in [-0.1, -0.05) is 35.9 Å². The number of carbonyl (C=O) groups is 1. The molecule has 1 N–H and O–H groups in total. The zero-order chi connectivity index (χ0) is 20.5. The monoisotopic (exact) mass is 402 g/mol. The molecule has 0 unspecified atom stereocenters. The number of benzene rings is 2. The number of hydrogen-bond donors (Lipinski definition) is 1. The molecule has 2 aromatic carbocycles. The van der Waals surface area contributed by atoms with Gasteiger partial charge in [0, 0.05) is 0 Å². The lowest BCUT2D eigenvalue weighted by molar-refractivity contribution is -0.128. The van der Waals surface area contributed by atoms with Gasteiger partial charge >= 0.3 is 0 Å². The Morgan fingerprint density at radius 2 is 1.96 bits per heavy atom. The van der Waals surface area contributed by atoms with Gasteiger partial charge in [0.1, 0.15) is 5.75 Å². The Morgan fingerprint density at radius 3 is 2.64 bits per heavy atom. The van der Waals surface area contributed by atoms with Gasteiger partial charge in [0.25, 0.3) is 5.91 Å². The molecule has 2 aromatic rings. The number of fused-ring (bicyclic) bond motifs is 1. The summed E-state index contributed by atoms with van der Waals surface area (Å²) < 4.78 is 32.2. The molecule has 0 fully saturated rings. The van der Waals surface area contributed by atoms with Crippen LogP contribution < -0.4 is 14.4 Å². The van der Waals surface area contributed by atoms with Crippen LogP contribution in [0.15, 0.2) is 42.5 Å². The third-order valence-corrected chi connectivity index (χ3v) is 6.73. The Hall–Kier alpha value is -2.54. The van der Waals surface area contributed by atoms with Crippen LogP contribution in [-0.2, 0) is 14.8 Å². The number of nitrogens with zero attached hydrogens (tertiary/aromatic N) is 1. The van der Waals surface area contributed by atoms with Gasteiger partial charge in [-0.25, -0.2) is 8.42 Å². The molecular formula is C21H26N2O4S. The second kappa shape index (κ2) is 7.83. The molecule has 0 radical (unpaired) electrons. The fourth-order valence-corrected chi connectivity index (χ4v) is 4.58. The smallest absolute Gasteiger partial charge is 0.263 e. The number of rotatable bonds is 5. The normalized spacial score (nSPS) is 17.4. The average Bonchev–Trinajstić information content (AvgIpc) is 2.66. The van der Waals surface area contributed by atoms with E-state index in [0.717, 1.165) is 16.7 Å². The largest absolute Gasteiger partial charge is 0.476 e. The Labute approximate surface area is 166 Å². The van der Waals surface area contributed by atoms with Crippen LogP contribution in [0.3, 0.4) is 0 Å². The summed E-state index contributed by atoms with van der Waals surface area (Å²) in [5, 5.41) is 2.96.